The number of hydrogen-bond donors (Lipinski definition) is 8. The van der Waals surface area contributed by atoms with E-state index in [1.807, 2.05) is 0 Å². The second-order valence-corrected chi connectivity index (χ2v) is 7.11. The summed E-state index contributed by atoms with van der Waals surface area (Å²) in [5, 5.41) is 33.3. The van der Waals surface area contributed by atoms with Crippen LogP contribution in [0.15, 0.2) is 0 Å². The highest BCUT2D eigenvalue weighted by atomic mass is 16.4. The molecule has 10 N–H and O–H groups in total. The fourth-order valence-corrected chi connectivity index (χ4v) is 2.50. The maximum atomic E-state index is 12.5. The molecule has 0 rings (SSSR count). The van der Waals surface area contributed by atoms with Crippen molar-refractivity contribution in [3.63, 3.8) is 0 Å². The number of amides is 3. The van der Waals surface area contributed by atoms with Gasteiger partial charge in [-0.05, 0) is 39.2 Å². The molecular formula is C18H31N5O9. The molecule has 4 unspecified atom stereocenters. The molecule has 0 aliphatic rings. The second kappa shape index (κ2) is 14.7. The molecular weight excluding hydrogens is 430 g/mol. The number of rotatable bonds is 16. The van der Waals surface area contributed by atoms with Crippen molar-refractivity contribution in [1.29, 1.82) is 0 Å². The lowest BCUT2D eigenvalue weighted by molar-refractivity contribution is -0.147. The third-order valence-electron chi connectivity index (χ3n) is 4.33. The van der Waals surface area contributed by atoms with Gasteiger partial charge in [0.2, 0.25) is 17.7 Å². The van der Waals surface area contributed by atoms with Gasteiger partial charge in [0, 0.05) is 6.42 Å². The molecule has 0 radical (unpaired) electrons. The van der Waals surface area contributed by atoms with Gasteiger partial charge in [-0.1, -0.05) is 0 Å². The first kappa shape index (κ1) is 28.7. The average molecular weight is 461 g/mol. The molecule has 4 atom stereocenters. The van der Waals surface area contributed by atoms with Gasteiger partial charge in [-0.25, -0.2) is 4.79 Å². The van der Waals surface area contributed by atoms with Crippen LogP contribution in [0.5, 0.6) is 0 Å². The number of nitrogens with one attached hydrogen (secondary N) is 3. The van der Waals surface area contributed by atoms with Crippen LogP contribution in [0.2, 0.25) is 0 Å². The molecule has 14 nitrogen and oxygen atoms in total. The molecule has 0 saturated heterocycles. The third kappa shape index (κ3) is 11.8. The monoisotopic (exact) mass is 461 g/mol. The molecule has 0 aliphatic heterocycles. The van der Waals surface area contributed by atoms with Crippen LogP contribution >= 0.6 is 0 Å². The maximum Gasteiger partial charge on any atom is 0.326 e. The Morgan fingerprint density at radius 3 is 1.88 bits per heavy atom. The van der Waals surface area contributed by atoms with Gasteiger partial charge in [0.1, 0.15) is 18.1 Å². The number of carbonyl (C=O) groups excluding carboxylic acids is 3. The van der Waals surface area contributed by atoms with Crippen LogP contribution in [0.25, 0.3) is 0 Å². The molecule has 0 aromatic rings. The average Bonchev–Trinajstić information content (AvgIpc) is 2.69. The predicted octanol–water partition coefficient (Wildman–Crippen LogP) is -2.66. The lowest BCUT2D eigenvalue weighted by atomic mass is 10.1. The highest BCUT2D eigenvalue weighted by Crippen LogP contribution is 2.04. The highest BCUT2D eigenvalue weighted by molar-refractivity contribution is 5.94. The number of carbonyl (C=O) groups is 6. The van der Waals surface area contributed by atoms with Gasteiger partial charge in [0.25, 0.3) is 0 Å². The summed E-state index contributed by atoms with van der Waals surface area (Å²) in [5.41, 5.74) is 11.0. The zero-order valence-electron chi connectivity index (χ0n) is 17.7. The minimum absolute atomic E-state index is 0.0903. The van der Waals surface area contributed by atoms with Gasteiger partial charge >= 0.3 is 17.9 Å². The Balaban J connectivity index is 5.10. The molecule has 0 bridgehead atoms. The maximum absolute atomic E-state index is 12.5. The van der Waals surface area contributed by atoms with Crippen molar-refractivity contribution in [3.8, 4) is 0 Å². The lowest BCUT2D eigenvalue weighted by Crippen LogP contribution is -2.56. The van der Waals surface area contributed by atoms with Crippen molar-refractivity contribution in [2.24, 2.45) is 11.5 Å². The Morgan fingerprint density at radius 1 is 0.781 bits per heavy atom. The van der Waals surface area contributed by atoms with E-state index in [1.54, 1.807) is 0 Å². The summed E-state index contributed by atoms with van der Waals surface area (Å²) in [7, 11) is 0. The minimum atomic E-state index is -1.70. The van der Waals surface area contributed by atoms with E-state index in [2.05, 4.69) is 16.0 Å². The normalized spacial score (nSPS) is 14.3. The van der Waals surface area contributed by atoms with E-state index in [1.165, 1.54) is 6.92 Å². The van der Waals surface area contributed by atoms with E-state index in [0.29, 0.717) is 19.4 Å². The number of carboxylic acids is 3. The van der Waals surface area contributed by atoms with Crippen molar-refractivity contribution in [2.45, 2.75) is 69.6 Å². The summed E-state index contributed by atoms with van der Waals surface area (Å²) >= 11 is 0. The van der Waals surface area contributed by atoms with E-state index in [-0.39, 0.29) is 19.3 Å². The van der Waals surface area contributed by atoms with Crippen LogP contribution in [-0.4, -0.2) is 81.7 Å². The van der Waals surface area contributed by atoms with E-state index in [4.69, 9.17) is 26.8 Å². The summed E-state index contributed by atoms with van der Waals surface area (Å²) in [5.74, 6) is -6.55. The highest BCUT2D eigenvalue weighted by Gasteiger charge is 2.29. The molecule has 32 heavy (non-hydrogen) atoms. The Kier molecular flexibility index (Phi) is 13.2. The summed E-state index contributed by atoms with van der Waals surface area (Å²) < 4.78 is 0. The first-order valence-corrected chi connectivity index (χ1v) is 9.92. The Labute approximate surface area is 184 Å². The Bertz CT molecular complexity index is 700. The molecule has 0 spiro atoms. The molecule has 0 aromatic carbocycles. The standard InChI is InChI=1S/C18H31N5O9/c1-9(21-16(29)10(20)5-6-13(24)25)15(28)22-11(4-2-3-7-19)17(30)23-12(18(31)32)8-14(26)27/h9-12H,2-8,19-20H2,1H3,(H,21,29)(H,22,28)(H,23,30)(H,24,25)(H,26,27)(H,31,32). The Morgan fingerprint density at radius 2 is 1.38 bits per heavy atom. The van der Waals surface area contributed by atoms with Crippen molar-refractivity contribution in [1.82, 2.24) is 16.0 Å². The third-order valence-corrected chi connectivity index (χ3v) is 4.33. The van der Waals surface area contributed by atoms with Crippen molar-refractivity contribution in [2.75, 3.05) is 6.54 Å². The van der Waals surface area contributed by atoms with Crippen molar-refractivity contribution < 1.29 is 44.1 Å². The molecule has 3 amide bonds. The number of nitrogens with two attached hydrogens (primary N) is 2. The second-order valence-electron chi connectivity index (χ2n) is 7.11. The van der Waals surface area contributed by atoms with Crippen LogP contribution in [0.1, 0.15) is 45.4 Å². The molecule has 0 aliphatic carbocycles. The fraction of sp³-hybridized carbons (Fsp3) is 0.667. The van der Waals surface area contributed by atoms with Gasteiger partial charge in [0.05, 0.1) is 12.5 Å². The van der Waals surface area contributed by atoms with Crippen LogP contribution in [0, 0.1) is 0 Å². The van der Waals surface area contributed by atoms with Crippen LogP contribution < -0.4 is 27.4 Å². The van der Waals surface area contributed by atoms with Crippen molar-refractivity contribution in [3.05, 3.63) is 0 Å². The molecule has 14 heteroatoms. The number of aliphatic carboxylic acids is 3. The van der Waals surface area contributed by atoms with Gasteiger partial charge in [-0.15, -0.1) is 0 Å². The van der Waals surface area contributed by atoms with Crippen LogP contribution in [0.4, 0.5) is 0 Å². The van der Waals surface area contributed by atoms with Gasteiger partial charge in [0.15, 0.2) is 0 Å². The van der Waals surface area contributed by atoms with Crippen LogP contribution in [-0.2, 0) is 28.8 Å². The van der Waals surface area contributed by atoms with Crippen LogP contribution in [0.3, 0.4) is 0 Å². The molecule has 0 fully saturated rings. The van der Waals surface area contributed by atoms with Crippen molar-refractivity contribution >= 4 is 35.6 Å². The summed E-state index contributed by atoms with van der Waals surface area (Å²) in [6.07, 6.45) is -0.314. The lowest BCUT2D eigenvalue weighted by Gasteiger charge is -2.23. The molecule has 0 heterocycles. The van der Waals surface area contributed by atoms with E-state index < -0.39 is 66.2 Å². The molecule has 0 aromatic heterocycles. The number of hydrogen-bond acceptors (Lipinski definition) is 8. The molecule has 182 valence electrons. The number of unbranched alkanes of at least 4 members (excludes halogenated alkanes) is 1. The van der Waals surface area contributed by atoms with E-state index in [0.717, 1.165) is 0 Å². The molecule has 0 saturated carbocycles. The SMILES string of the molecule is CC(NC(=O)C(N)CCC(=O)O)C(=O)NC(CCCCN)C(=O)NC(CC(=O)O)C(=O)O. The van der Waals surface area contributed by atoms with Gasteiger partial charge < -0.3 is 42.7 Å². The fourth-order valence-electron chi connectivity index (χ4n) is 2.50. The quantitative estimate of drug-likeness (QED) is 0.110. The first-order valence-electron chi connectivity index (χ1n) is 9.92. The summed E-state index contributed by atoms with van der Waals surface area (Å²) in [6, 6.07) is -5.20. The largest absolute Gasteiger partial charge is 0.481 e. The van der Waals surface area contributed by atoms with E-state index in [9.17, 15) is 28.8 Å². The summed E-state index contributed by atoms with van der Waals surface area (Å²) in [6.45, 7) is 1.64. The Hall–Kier alpha value is -3.26. The first-order chi connectivity index (χ1) is 14.9. The topological polar surface area (TPSA) is 251 Å². The predicted molar refractivity (Wildman–Crippen MR) is 109 cm³/mol. The number of carboxylic acid groups (broad SMARTS) is 3. The van der Waals surface area contributed by atoms with Gasteiger partial charge in [-0.3, -0.25) is 24.0 Å². The summed E-state index contributed by atoms with van der Waals surface area (Å²) in [4.78, 5) is 69.5. The van der Waals surface area contributed by atoms with E-state index >= 15 is 0 Å². The smallest absolute Gasteiger partial charge is 0.326 e. The van der Waals surface area contributed by atoms with Gasteiger partial charge in [-0.2, -0.15) is 0 Å². The minimum Gasteiger partial charge on any atom is -0.481 e. The zero-order valence-corrected chi connectivity index (χ0v) is 17.7. The zero-order chi connectivity index (χ0) is 24.8.